The number of hydrogen-bond acceptors (Lipinski definition) is 4. The van der Waals surface area contributed by atoms with Crippen molar-refractivity contribution in [2.75, 3.05) is 12.3 Å². The number of nitrogens with one attached hydrogen (secondary N) is 1. The second kappa shape index (κ2) is 4.44. The molecule has 1 aromatic heterocycles. The molecule has 0 aromatic carbocycles. The smallest absolute Gasteiger partial charge is 0.106 e. The van der Waals surface area contributed by atoms with Crippen LogP contribution in [-0.4, -0.2) is 17.3 Å². The van der Waals surface area contributed by atoms with E-state index in [9.17, 15) is 0 Å². The zero-order valence-electron chi connectivity index (χ0n) is 8.74. The van der Waals surface area contributed by atoms with Gasteiger partial charge in [0.05, 0.1) is 17.0 Å². The molecule has 2 fully saturated rings. The highest BCUT2D eigenvalue weighted by Crippen LogP contribution is 2.41. The number of thioether (sulfide) groups is 1. The average molecular weight is 240 g/mol. The lowest BCUT2D eigenvalue weighted by Gasteiger charge is -2.06. The average Bonchev–Trinajstić information content (AvgIpc) is 3.02. The molecule has 3 heterocycles. The summed E-state index contributed by atoms with van der Waals surface area (Å²) in [5.74, 6) is 1.32. The summed E-state index contributed by atoms with van der Waals surface area (Å²) < 4.78 is 0. The molecule has 4 heteroatoms. The van der Waals surface area contributed by atoms with Crippen LogP contribution in [0, 0.1) is 0 Å². The molecule has 2 atom stereocenters. The Morgan fingerprint density at radius 3 is 3.07 bits per heavy atom. The first-order valence-corrected chi connectivity index (χ1v) is 7.66. The highest BCUT2D eigenvalue weighted by molar-refractivity contribution is 7.99. The third-order valence-electron chi connectivity index (χ3n) is 3.16. The zero-order chi connectivity index (χ0) is 10.1. The molecule has 0 amide bonds. The van der Waals surface area contributed by atoms with E-state index < -0.39 is 0 Å². The van der Waals surface area contributed by atoms with Gasteiger partial charge < -0.3 is 5.32 Å². The Bertz CT molecular complexity index is 295. The van der Waals surface area contributed by atoms with Crippen LogP contribution in [0.25, 0.3) is 0 Å². The molecule has 1 aromatic rings. The molecular formula is C11H16N2S2. The van der Waals surface area contributed by atoms with Gasteiger partial charge in [-0.05, 0) is 38.0 Å². The maximum atomic E-state index is 4.81. The standard InChI is InChI=1S/C11H16N2S2/c1-3-8(12-5-1)9-7-15-11(13-9)10-4-2-6-14-10/h7-8,10,12H,1-6H2/t8-,10?/m0/s1. The summed E-state index contributed by atoms with van der Waals surface area (Å²) in [4.78, 5) is 4.81. The normalized spacial score (nSPS) is 31.2. The molecule has 1 unspecified atom stereocenters. The Morgan fingerprint density at radius 2 is 2.33 bits per heavy atom. The molecule has 2 aliphatic heterocycles. The van der Waals surface area contributed by atoms with Gasteiger partial charge in [0.2, 0.25) is 0 Å². The van der Waals surface area contributed by atoms with Crippen LogP contribution >= 0.6 is 23.1 Å². The van der Waals surface area contributed by atoms with E-state index in [4.69, 9.17) is 4.98 Å². The van der Waals surface area contributed by atoms with Gasteiger partial charge in [-0.25, -0.2) is 4.98 Å². The molecule has 82 valence electrons. The Hall–Kier alpha value is -0.0600. The Balaban J connectivity index is 1.74. The molecule has 15 heavy (non-hydrogen) atoms. The maximum absolute atomic E-state index is 4.81. The molecule has 2 aliphatic rings. The fraction of sp³-hybridized carbons (Fsp3) is 0.727. The van der Waals surface area contributed by atoms with E-state index in [2.05, 4.69) is 22.5 Å². The fourth-order valence-electron chi connectivity index (χ4n) is 2.32. The first-order valence-electron chi connectivity index (χ1n) is 5.74. The van der Waals surface area contributed by atoms with Gasteiger partial charge in [0.15, 0.2) is 0 Å². The minimum Gasteiger partial charge on any atom is -0.309 e. The molecule has 0 aliphatic carbocycles. The maximum Gasteiger partial charge on any atom is 0.106 e. The van der Waals surface area contributed by atoms with Crippen molar-refractivity contribution in [1.29, 1.82) is 0 Å². The third-order valence-corrected chi connectivity index (χ3v) is 5.67. The van der Waals surface area contributed by atoms with E-state index >= 15 is 0 Å². The summed E-state index contributed by atoms with van der Waals surface area (Å²) in [5.41, 5.74) is 1.29. The third kappa shape index (κ3) is 2.08. The largest absolute Gasteiger partial charge is 0.309 e. The van der Waals surface area contributed by atoms with Crippen LogP contribution in [0.5, 0.6) is 0 Å². The monoisotopic (exact) mass is 240 g/mol. The number of hydrogen-bond donors (Lipinski definition) is 1. The molecule has 0 radical (unpaired) electrons. The summed E-state index contributed by atoms with van der Waals surface area (Å²) in [6.45, 7) is 1.16. The van der Waals surface area contributed by atoms with Gasteiger partial charge in [-0.1, -0.05) is 0 Å². The van der Waals surface area contributed by atoms with Crippen LogP contribution in [0.15, 0.2) is 5.38 Å². The Labute approximate surface area is 98.9 Å². The van der Waals surface area contributed by atoms with E-state index in [0.29, 0.717) is 11.3 Å². The number of thiazole rings is 1. The van der Waals surface area contributed by atoms with E-state index in [1.165, 1.54) is 42.1 Å². The summed E-state index contributed by atoms with van der Waals surface area (Å²) in [7, 11) is 0. The fourth-order valence-corrected chi connectivity index (χ4v) is 4.72. The Kier molecular flexibility index (Phi) is 2.99. The van der Waals surface area contributed by atoms with Gasteiger partial charge in [0.1, 0.15) is 5.01 Å². The minimum absolute atomic E-state index is 0.543. The lowest BCUT2D eigenvalue weighted by molar-refractivity contribution is 0.628. The molecule has 0 bridgehead atoms. The van der Waals surface area contributed by atoms with Crippen molar-refractivity contribution in [2.24, 2.45) is 0 Å². The van der Waals surface area contributed by atoms with Gasteiger partial charge >= 0.3 is 0 Å². The van der Waals surface area contributed by atoms with Crippen LogP contribution in [0.3, 0.4) is 0 Å². The van der Waals surface area contributed by atoms with Crippen LogP contribution in [-0.2, 0) is 0 Å². The van der Waals surface area contributed by atoms with Gasteiger partial charge in [-0.15, -0.1) is 11.3 Å². The van der Waals surface area contributed by atoms with Crippen molar-refractivity contribution in [2.45, 2.75) is 37.0 Å². The summed E-state index contributed by atoms with van der Waals surface area (Å²) in [6, 6.07) is 0.543. The van der Waals surface area contributed by atoms with E-state index in [-0.39, 0.29) is 0 Å². The zero-order valence-corrected chi connectivity index (χ0v) is 10.4. The first-order chi connectivity index (χ1) is 7.43. The SMILES string of the molecule is c1sc(C2CCCS2)nc1[C@@H]1CCCN1. The van der Waals surface area contributed by atoms with Crippen molar-refractivity contribution in [3.05, 3.63) is 16.1 Å². The van der Waals surface area contributed by atoms with Crippen LogP contribution in [0.2, 0.25) is 0 Å². The van der Waals surface area contributed by atoms with E-state index in [1.807, 2.05) is 11.3 Å². The van der Waals surface area contributed by atoms with Gasteiger partial charge in [-0.3, -0.25) is 0 Å². The molecular weight excluding hydrogens is 224 g/mol. The van der Waals surface area contributed by atoms with Crippen molar-refractivity contribution in [3.8, 4) is 0 Å². The second-order valence-electron chi connectivity index (χ2n) is 4.26. The van der Waals surface area contributed by atoms with Crippen LogP contribution < -0.4 is 5.32 Å². The van der Waals surface area contributed by atoms with E-state index in [1.54, 1.807) is 0 Å². The van der Waals surface area contributed by atoms with Crippen molar-refractivity contribution in [3.63, 3.8) is 0 Å². The molecule has 2 saturated heterocycles. The number of rotatable bonds is 2. The van der Waals surface area contributed by atoms with Crippen molar-refractivity contribution >= 4 is 23.1 Å². The van der Waals surface area contributed by atoms with Gasteiger partial charge in [0, 0.05) is 5.38 Å². The number of aromatic nitrogens is 1. The predicted octanol–water partition coefficient (Wildman–Crippen LogP) is 3.14. The molecule has 3 rings (SSSR count). The lowest BCUT2D eigenvalue weighted by atomic mass is 10.2. The van der Waals surface area contributed by atoms with Crippen molar-refractivity contribution in [1.82, 2.24) is 10.3 Å². The minimum atomic E-state index is 0.543. The predicted molar refractivity (Wildman–Crippen MR) is 66.5 cm³/mol. The van der Waals surface area contributed by atoms with Gasteiger partial charge in [-0.2, -0.15) is 11.8 Å². The topological polar surface area (TPSA) is 24.9 Å². The van der Waals surface area contributed by atoms with Gasteiger partial charge in [0.25, 0.3) is 0 Å². The molecule has 1 N–H and O–H groups in total. The van der Waals surface area contributed by atoms with Crippen LogP contribution in [0.4, 0.5) is 0 Å². The van der Waals surface area contributed by atoms with Crippen LogP contribution in [0.1, 0.15) is 47.7 Å². The molecule has 0 saturated carbocycles. The van der Waals surface area contributed by atoms with E-state index in [0.717, 1.165) is 6.54 Å². The summed E-state index contributed by atoms with van der Waals surface area (Å²) in [5, 5.41) is 7.84. The summed E-state index contributed by atoms with van der Waals surface area (Å²) in [6.07, 6.45) is 5.26. The lowest BCUT2D eigenvalue weighted by Crippen LogP contribution is -2.13. The molecule has 0 spiro atoms. The molecule has 2 nitrogen and oxygen atoms in total. The summed E-state index contributed by atoms with van der Waals surface area (Å²) >= 11 is 3.94. The Morgan fingerprint density at radius 1 is 1.33 bits per heavy atom. The first kappa shape index (κ1) is 10.1. The second-order valence-corrected chi connectivity index (χ2v) is 6.46. The number of nitrogens with zero attached hydrogens (tertiary/aromatic N) is 1. The highest BCUT2D eigenvalue weighted by atomic mass is 32.2. The van der Waals surface area contributed by atoms with Crippen molar-refractivity contribution < 1.29 is 0 Å². The quantitative estimate of drug-likeness (QED) is 0.859. The highest BCUT2D eigenvalue weighted by Gasteiger charge is 2.24.